The third kappa shape index (κ3) is 2.76. The Hall–Kier alpha value is -2.24. The van der Waals surface area contributed by atoms with Gasteiger partial charge in [0, 0.05) is 48.9 Å². The van der Waals surface area contributed by atoms with Gasteiger partial charge in [-0.2, -0.15) is 0 Å². The summed E-state index contributed by atoms with van der Waals surface area (Å²) in [6, 6.07) is 4.61. The smallest absolute Gasteiger partial charge is 0.237 e. The van der Waals surface area contributed by atoms with Crippen LogP contribution in [-0.2, 0) is 6.54 Å². The highest BCUT2D eigenvalue weighted by molar-refractivity contribution is 6.53. The SMILES string of the molecule is Cc1cc2c(cc1C)-c1oc(CN3CCN(C4CC4)CC3)c(C)c1C(=O)C2=O. The highest BCUT2D eigenvalue weighted by atomic mass is 16.3. The van der Waals surface area contributed by atoms with Crippen molar-refractivity contribution in [3.63, 3.8) is 0 Å². The van der Waals surface area contributed by atoms with E-state index in [1.54, 1.807) is 0 Å². The Morgan fingerprint density at radius 1 is 0.929 bits per heavy atom. The second-order valence-corrected chi connectivity index (χ2v) is 8.54. The van der Waals surface area contributed by atoms with Crippen molar-refractivity contribution < 1.29 is 14.0 Å². The lowest BCUT2D eigenvalue weighted by Gasteiger charge is -2.34. The Bertz CT molecular complexity index is 992. The summed E-state index contributed by atoms with van der Waals surface area (Å²) in [5.41, 5.74) is 4.63. The number of carbonyl (C=O) groups excluding carboxylic acids is 2. The fourth-order valence-electron chi connectivity index (χ4n) is 4.53. The first-order chi connectivity index (χ1) is 13.4. The normalized spacial score (nSPS) is 20.4. The summed E-state index contributed by atoms with van der Waals surface area (Å²) in [4.78, 5) is 30.5. The summed E-state index contributed by atoms with van der Waals surface area (Å²) in [5, 5.41) is 0. The van der Waals surface area contributed by atoms with Crippen molar-refractivity contribution in [1.29, 1.82) is 0 Å². The summed E-state index contributed by atoms with van der Waals surface area (Å²) in [7, 11) is 0. The topological polar surface area (TPSA) is 53.8 Å². The molecular formula is C23H26N2O3. The average Bonchev–Trinajstić information content (AvgIpc) is 3.47. The molecule has 5 rings (SSSR count). The van der Waals surface area contributed by atoms with Gasteiger partial charge in [-0.05, 0) is 56.9 Å². The predicted octanol–water partition coefficient (Wildman–Crippen LogP) is 3.53. The molecule has 1 saturated carbocycles. The Kier molecular flexibility index (Phi) is 4.07. The van der Waals surface area contributed by atoms with Crippen molar-refractivity contribution in [2.45, 2.75) is 46.2 Å². The van der Waals surface area contributed by atoms with Gasteiger partial charge >= 0.3 is 0 Å². The first-order valence-electron chi connectivity index (χ1n) is 10.2. The number of ketones is 2. The molecule has 28 heavy (non-hydrogen) atoms. The summed E-state index contributed by atoms with van der Waals surface area (Å²) >= 11 is 0. The second kappa shape index (κ2) is 6.39. The number of piperazine rings is 1. The number of furan rings is 1. The zero-order chi connectivity index (χ0) is 19.6. The molecular weight excluding hydrogens is 352 g/mol. The van der Waals surface area contributed by atoms with Gasteiger partial charge in [0.2, 0.25) is 11.6 Å². The minimum absolute atomic E-state index is 0.418. The molecule has 146 valence electrons. The van der Waals surface area contributed by atoms with E-state index in [1.807, 2.05) is 32.9 Å². The second-order valence-electron chi connectivity index (χ2n) is 8.54. The van der Waals surface area contributed by atoms with Crippen LogP contribution in [0.4, 0.5) is 0 Å². The minimum Gasteiger partial charge on any atom is -0.459 e. The zero-order valence-corrected chi connectivity index (χ0v) is 16.8. The highest BCUT2D eigenvalue weighted by Gasteiger charge is 2.37. The van der Waals surface area contributed by atoms with Gasteiger partial charge in [0.05, 0.1) is 12.1 Å². The van der Waals surface area contributed by atoms with Gasteiger partial charge in [0.15, 0.2) is 0 Å². The van der Waals surface area contributed by atoms with E-state index in [0.29, 0.717) is 23.4 Å². The quantitative estimate of drug-likeness (QED) is 0.765. The fraction of sp³-hybridized carbons (Fsp3) is 0.478. The number of aryl methyl sites for hydroxylation is 2. The number of hydrogen-bond acceptors (Lipinski definition) is 5. The fourth-order valence-corrected chi connectivity index (χ4v) is 4.53. The van der Waals surface area contributed by atoms with Crippen molar-refractivity contribution in [1.82, 2.24) is 9.80 Å². The summed E-state index contributed by atoms with van der Waals surface area (Å²) in [5.74, 6) is 0.541. The molecule has 2 aliphatic carbocycles. The van der Waals surface area contributed by atoms with Gasteiger partial charge in [0.25, 0.3) is 0 Å². The summed E-state index contributed by atoms with van der Waals surface area (Å²) in [6.45, 7) is 10.8. The summed E-state index contributed by atoms with van der Waals surface area (Å²) in [6.07, 6.45) is 2.69. The van der Waals surface area contributed by atoms with E-state index in [2.05, 4.69) is 9.80 Å². The lowest BCUT2D eigenvalue weighted by Crippen LogP contribution is -2.46. The Morgan fingerprint density at radius 2 is 1.57 bits per heavy atom. The zero-order valence-electron chi connectivity index (χ0n) is 16.8. The van der Waals surface area contributed by atoms with Crippen molar-refractivity contribution in [2.24, 2.45) is 0 Å². The molecule has 0 amide bonds. The minimum atomic E-state index is -0.434. The third-order valence-corrected chi connectivity index (χ3v) is 6.64. The maximum absolute atomic E-state index is 12.8. The van der Waals surface area contributed by atoms with Crippen LogP contribution >= 0.6 is 0 Å². The molecule has 0 radical (unpaired) electrons. The number of Topliss-reactive ketones (excluding diaryl/α,β-unsaturated/α-hetero) is 2. The number of carbonyl (C=O) groups is 2. The van der Waals surface area contributed by atoms with Crippen LogP contribution < -0.4 is 0 Å². The molecule has 2 fully saturated rings. The number of nitrogens with zero attached hydrogens (tertiary/aromatic N) is 2. The van der Waals surface area contributed by atoms with Crippen LogP contribution in [-0.4, -0.2) is 53.6 Å². The molecule has 1 saturated heterocycles. The van der Waals surface area contributed by atoms with E-state index < -0.39 is 11.6 Å². The van der Waals surface area contributed by atoms with Gasteiger partial charge in [0.1, 0.15) is 11.5 Å². The van der Waals surface area contributed by atoms with Gasteiger partial charge < -0.3 is 4.42 Å². The maximum Gasteiger partial charge on any atom is 0.237 e. The standard InChI is InChI=1S/C23H26N2O3/c1-13-10-17-18(11-14(13)2)23-20(22(27)21(17)26)15(3)19(28-23)12-24-6-8-25(9-7-24)16-4-5-16/h10-11,16H,4-9,12H2,1-3H3. The molecule has 0 spiro atoms. The lowest BCUT2D eigenvalue weighted by atomic mass is 9.85. The van der Waals surface area contributed by atoms with Crippen molar-refractivity contribution in [2.75, 3.05) is 26.2 Å². The lowest BCUT2D eigenvalue weighted by molar-refractivity contribution is 0.0814. The van der Waals surface area contributed by atoms with Crippen LogP contribution in [0.2, 0.25) is 0 Å². The molecule has 0 bridgehead atoms. The average molecular weight is 378 g/mol. The van der Waals surface area contributed by atoms with Gasteiger partial charge in [-0.15, -0.1) is 0 Å². The third-order valence-electron chi connectivity index (χ3n) is 6.64. The Labute approximate surface area is 165 Å². The number of hydrogen-bond donors (Lipinski definition) is 0. The molecule has 3 aliphatic rings. The van der Waals surface area contributed by atoms with E-state index in [1.165, 1.54) is 12.8 Å². The van der Waals surface area contributed by atoms with Crippen LogP contribution in [0, 0.1) is 20.8 Å². The van der Waals surface area contributed by atoms with Gasteiger partial charge in [-0.1, -0.05) is 0 Å². The van der Waals surface area contributed by atoms with Crippen molar-refractivity contribution in [3.05, 3.63) is 45.7 Å². The van der Waals surface area contributed by atoms with Crippen molar-refractivity contribution >= 4 is 11.6 Å². The van der Waals surface area contributed by atoms with E-state index in [0.717, 1.165) is 60.2 Å². The van der Waals surface area contributed by atoms with Crippen molar-refractivity contribution in [3.8, 4) is 11.3 Å². The molecule has 2 heterocycles. The van der Waals surface area contributed by atoms with Crippen LogP contribution in [0.3, 0.4) is 0 Å². The molecule has 1 aromatic carbocycles. The van der Waals surface area contributed by atoms with Crippen LogP contribution in [0.15, 0.2) is 16.5 Å². The van der Waals surface area contributed by atoms with Gasteiger partial charge in [-0.25, -0.2) is 0 Å². The summed E-state index contributed by atoms with van der Waals surface area (Å²) < 4.78 is 6.24. The Balaban J connectivity index is 1.46. The van der Waals surface area contributed by atoms with E-state index in [-0.39, 0.29) is 0 Å². The first-order valence-corrected chi connectivity index (χ1v) is 10.2. The van der Waals surface area contributed by atoms with Crippen LogP contribution in [0.25, 0.3) is 11.3 Å². The molecule has 5 nitrogen and oxygen atoms in total. The number of rotatable bonds is 3. The molecule has 0 N–H and O–H groups in total. The molecule has 5 heteroatoms. The van der Waals surface area contributed by atoms with Gasteiger partial charge in [-0.3, -0.25) is 19.4 Å². The van der Waals surface area contributed by atoms with E-state index in [9.17, 15) is 9.59 Å². The maximum atomic E-state index is 12.8. The first kappa shape index (κ1) is 17.8. The van der Waals surface area contributed by atoms with E-state index >= 15 is 0 Å². The number of fused-ring (bicyclic) bond motifs is 3. The molecule has 0 unspecified atom stereocenters. The van der Waals surface area contributed by atoms with Crippen LogP contribution in [0.5, 0.6) is 0 Å². The van der Waals surface area contributed by atoms with Crippen LogP contribution in [0.1, 0.15) is 56.0 Å². The Morgan fingerprint density at radius 3 is 2.21 bits per heavy atom. The number of benzene rings is 1. The molecule has 1 aromatic heterocycles. The monoisotopic (exact) mass is 378 g/mol. The van der Waals surface area contributed by atoms with E-state index in [4.69, 9.17) is 4.42 Å². The predicted molar refractivity (Wildman–Crippen MR) is 107 cm³/mol. The molecule has 2 aromatic rings. The molecule has 0 atom stereocenters. The molecule has 1 aliphatic heterocycles. The highest BCUT2D eigenvalue weighted by Crippen LogP contribution is 2.40. The largest absolute Gasteiger partial charge is 0.459 e.